The summed E-state index contributed by atoms with van der Waals surface area (Å²) >= 11 is 0. The van der Waals surface area contributed by atoms with E-state index in [-0.39, 0.29) is 5.92 Å². The largest absolute Gasteiger partial charge is 0.385 e. The Morgan fingerprint density at radius 1 is 1.20 bits per heavy atom. The molecule has 0 bridgehead atoms. The van der Waals surface area contributed by atoms with Crippen molar-refractivity contribution >= 4 is 16.6 Å². The molecular formula is C20H24N4O. The molecule has 0 saturated carbocycles. The van der Waals surface area contributed by atoms with E-state index in [0.29, 0.717) is 0 Å². The number of pyridine rings is 1. The minimum absolute atomic E-state index is 0.183. The normalized spacial score (nSPS) is 19.3. The van der Waals surface area contributed by atoms with Gasteiger partial charge in [-0.25, -0.2) is 4.98 Å². The van der Waals surface area contributed by atoms with Gasteiger partial charge in [0.25, 0.3) is 0 Å². The minimum atomic E-state index is -0.530. The van der Waals surface area contributed by atoms with Crippen LogP contribution in [-0.2, 0) is 7.05 Å². The first kappa shape index (κ1) is 16.1. The molecule has 5 heteroatoms. The van der Waals surface area contributed by atoms with Gasteiger partial charge in [0.05, 0.1) is 5.52 Å². The molecule has 1 saturated heterocycles. The SMILES string of the molecule is Cc1cccc2c(N3CCCC(C(O)c4nccn4C)C3)ccnc12. The van der Waals surface area contributed by atoms with Crippen molar-refractivity contribution in [2.75, 3.05) is 18.0 Å². The summed E-state index contributed by atoms with van der Waals surface area (Å²) in [5, 5.41) is 12.0. The maximum atomic E-state index is 10.8. The molecule has 2 unspecified atom stereocenters. The van der Waals surface area contributed by atoms with Crippen LogP contribution in [-0.4, -0.2) is 32.7 Å². The van der Waals surface area contributed by atoms with Gasteiger partial charge in [-0.2, -0.15) is 0 Å². The van der Waals surface area contributed by atoms with Gasteiger partial charge in [-0.3, -0.25) is 4.98 Å². The third-order valence-electron chi connectivity index (χ3n) is 5.32. The van der Waals surface area contributed by atoms with E-state index in [0.717, 1.165) is 37.3 Å². The highest BCUT2D eigenvalue weighted by Gasteiger charge is 2.29. The van der Waals surface area contributed by atoms with Crippen LogP contribution in [0.4, 0.5) is 5.69 Å². The number of piperidine rings is 1. The van der Waals surface area contributed by atoms with Crippen LogP contribution in [0.25, 0.3) is 10.9 Å². The minimum Gasteiger partial charge on any atom is -0.385 e. The van der Waals surface area contributed by atoms with Crippen molar-refractivity contribution < 1.29 is 5.11 Å². The van der Waals surface area contributed by atoms with Gasteiger partial charge >= 0.3 is 0 Å². The van der Waals surface area contributed by atoms with Gasteiger partial charge in [0.15, 0.2) is 0 Å². The van der Waals surface area contributed by atoms with Crippen LogP contribution in [0.15, 0.2) is 42.9 Å². The molecule has 0 aliphatic carbocycles. The van der Waals surface area contributed by atoms with Crippen molar-refractivity contribution in [1.82, 2.24) is 14.5 Å². The molecule has 1 aliphatic rings. The van der Waals surface area contributed by atoms with E-state index >= 15 is 0 Å². The fourth-order valence-electron chi connectivity index (χ4n) is 3.94. The van der Waals surface area contributed by atoms with Gasteiger partial charge in [0.2, 0.25) is 0 Å². The molecule has 0 amide bonds. The van der Waals surface area contributed by atoms with Crippen molar-refractivity contribution in [2.24, 2.45) is 13.0 Å². The maximum absolute atomic E-state index is 10.8. The summed E-state index contributed by atoms with van der Waals surface area (Å²) in [5.74, 6) is 0.935. The number of benzene rings is 1. The zero-order chi connectivity index (χ0) is 17.4. The summed E-state index contributed by atoms with van der Waals surface area (Å²) in [4.78, 5) is 11.3. The van der Waals surface area contributed by atoms with E-state index in [9.17, 15) is 5.11 Å². The van der Waals surface area contributed by atoms with Gasteiger partial charge in [0.1, 0.15) is 11.9 Å². The monoisotopic (exact) mass is 336 g/mol. The van der Waals surface area contributed by atoms with Gasteiger partial charge in [0, 0.05) is 55.7 Å². The summed E-state index contributed by atoms with van der Waals surface area (Å²) in [6.07, 6.45) is 7.09. The number of hydrogen-bond donors (Lipinski definition) is 1. The zero-order valence-corrected chi connectivity index (χ0v) is 14.8. The molecule has 3 aromatic rings. The lowest BCUT2D eigenvalue weighted by molar-refractivity contribution is 0.0875. The number of aromatic nitrogens is 3. The Hall–Kier alpha value is -2.40. The smallest absolute Gasteiger partial charge is 0.137 e. The predicted octanol–water partition coefficient (Wildman–Crippen LogP) is 3.23. The van der Waals surface area contributed by atoms with Crippen LogP contribution >= 0.6 is 0 Å². The van der Waals surface area contributed by atoms with E-state index < -0.39 is 6.10 Å². The highest BCUT2D eigenvalue weighted by Crippen LogP contribution is 2.34. The zero-order valence-electron chi connectivity index (χ0n) is 14.8. The molecule has 4 rings (SSSR count). The molecule has 2 aromatic heterocycles. The Morgan fingerprint density at radius 3 is 2.88 bits per heavy atom. The lowest BCUT2D eigenvalue weighted by atomic mass is 9.91. The number of fused-ring (bicyclic) bond motifs is 1. The highest BCUT2D eigenvalue weighted by atomic mass is 16.3. The van der Waals surface area contributed by atoms with Gasteiger partial charge in [-0.15, -0.1) is 0 Å². The lowest BCUT2D eigenvalue weighted by Gasteiger charge is -2.36. The number of nitrogens with zero attached hydrogens (tertiary/aromatic N) is 4. The molecule has 0 spiro atoms. The van der Waals surface area contributed by atoms with Crippen molar-refractivity contribution in [3.8, 4) is 0 Å². The average Bonchev–Trinajstić information content (AvgIpc) is 3.07. The van der Waals surface area contributed by atoms with Crippen LogP contribution < -0.4 is 4.90 Å². The second kappa shape index (κ2) is 6.48. The maximum Gasteiger partial charge on any atom is 0.137 e. The molecule has 25 heavy (non-hydrogen) atoms. The molecule has 2 atom stereocenters. The summed E-state index contributed by atoms with van der Waals surface area (Å²) < 4.78 is 1.91. The first-order valence-electron chi connectivity index (χ1n) is 8.89. The number of para-hydroxylation sites is 1. The van der Waals surface area contributed by atoms with Crippen LogP contribution in [0.5, 0.6) is 0 Å². The summed E-state index contributed by atoms with van der Waals surface area (Å²) in [6, 6.07) is 8.43. The summed E-state index contributed by atoms with van der Waals surface area (Å²) in [7, 11) is 1.94. The molecular weight excluding hydrogens is 312 g/mol. The van der Waals surface area contributed by atoms with Crippen molar-refractivity contribution in [3.05, 3.63) is 54.2 Å². The Kier molecular flexibility index (Phi) is 4.17. The summed E-state index contributed by atoms with van der Waals surface area (Å²) in [6.45, 7) is 3.95. The molecule has 1 aliphatic heterocycles. The molecule has 130 valence electrons. The second-order valence-electron chi connectivity index (χ2n) is 6.99. The van der Waals surface area contributed by atoms with E-state index in [2.05, 4.69) is 46.1 Å². The third-order valence-corrected chi connectivity index (χ3v) is 5.32. The molecule has 1 fully saturated rings. The number of aliphatic hydroxyl groups excluding tert-OH is 1. The van der Waals surface area contributed by atoms with Crippen molar-refractivity contribution in [3.63, 3.8) is 0 Å². The second-order valence-corrected chi connectivity index (χ2v) is 6.99. The van der Waals surface area contributed by atoms with Crippen LogP contribution in [0.2, 0.25) is 0 Å². The van der Waals surface area contributed by atoms with Gasteiger partial charge in [-0.1, -0.05) is 18.2 Å². The molecule has 3 heterocycles. The lowest BCUT2D eigenvalue weighted by Crippen LogP contribution is -2.38. The number of hydrogen-bond acceptors (Lipinski definition) is 4. The van der Waals surface area contributed by atoms with E-state index in [1.807, 2.05) is 24.0 Å². The Bertz CT molecular complexity index is 888. The number of aryl methyl sites for hydroxylation is 2. The Morgan fingerprint density at radius 2 is 2.08 bits per heavy atom. The standard InChI is InChI=1S/C20H24N4O/c1-14-5-3-7-16-17(8-9-21-18(14)16)24-11-4-6-15(13-24)19(25)20-22-10-12-23(20)2/h3,5,7-10,12,15,19,25H,4,6,11,13H2,1-2H3. The van der Waals surface area contributed by atoms with E-state index in [1.54, 1.807) is 6.20 Å². The number of imidazole rings is 1. The van der Waals surface area contributed by atoms with Gasteiger partial charge in [-0.05, 0) is 31.4 Å². The quantitative estimate of drug-likeness (QED) is 0.798. The number of aliphatic hydroxyl groups is 1. The molecule has 1 N–H and O–H groups in total. The average molecular weight is 336 g/mol. The van der Waals surface area contributed by atoms with Crippen LogP contribution in [0.1, 0.15) is 30.3 Å². The molecule has 1 aromatic carbocycles. The van der Waals surface area contributed by atoms with Gasteiger partial charge < -0.3 is 14.6 Å². The van der Waals surface area contributed by atoms with Crippen molar-refractivity contribution in [1.29, 1.82) is 0 Å². The summed E-state index contributed by atoms with van der Waals surface area (Å²) in [5.41, 5.74) is 3.47. The van der Waals surface area contributed by atoms with Crippen LogP contribution in [0.3, 0.4) is 0 Å². The molecule has 0 radical (unpaired) electrons. The first-order chi connectivity index (χ1) is 12.1. The number of rotatable bonds is 3. The fourth-order valence-corrected chi connectivity index (χ4v) is 3.94. The Labute approximate surface area is 147 Å². The van der Waals surface area contributed by atoms with E-state index in [4.69, 9.17) is 0 Å². The predicted molar refractivity (Wildman–Crippen MR) is 99.6 cm³/mol. The fraction of sp³-hybridized carbons (Fsp3) is 0.400. The topological polar surface area (TPSA) is 54.2 Å². The van der Waals surface area contributed by atoms with Crippen LogP contribution in [0, 0.1) is 12.8 Å². The highest BCUT2D eigenvalue weighted by molar-refractivity contribution is 5.93. The number of anilines is 1. The molecule has 5 nitrogen and oxygen atoms in total. The van der Waals surface area contributed by atoms with E-state index in [1.165, 1.54) is 16.6 Å². The van der Waals surface area contributed by atoms with Crippen molar-refractivity contribution in [2.45, 2.75) is 25.9 Å². The third kappa shape index (κ3) is 2.89. The first-order valence-corrected chi connectivity index (χ1v) is 8.89. The Balaban J connectivity index is 1.64.